The first-order valence-corrected chi connectivity index (χ1v) is 3.90. The molecule has 0 spiro atoms. The van der Waals surface area contributed by atoms with Gasteiger partial charge >= 0.3 is 0 Å². The van der Waals surface area contributed by atoms with Crippen LogP contribution < -0.4 is 0 Å². The molecular weight excluding hydrogens is 323 g/mol. The summed E-state index contributed by atoms with van der Waals surface area (Å²) in [6.45, 7) is 0. The van der Waals surface area contributed by atoms with E-state index in [2.05, 4.69) is 15.9 Å². The number of nitrogens with zero attached hydrogens (tertiary/aromatic N) is 2. The van der Waals surface area contributed by atoms with E-state index in [9.17, 15) is 20.2 Å². The van der Waals surface area contributed by atoms with Crippen LogP contribution in [0.1, 0.15) is 0 Å². The number of non-ortho nitro benzene ring substituents is 1. The third-order valence-electron chi connectivity index (χ3n) is 1.34. The SMILES string of the molecule is O=[N+]([O-])c1ccc(Br)c([N+](=O)[O-])c1.[Se]. The predicted molar refractivity (Wildman–Crippen MR) is 53.2 cm³/mol. The van der Waals surface area contributed by atoms with Gasteiger partial charge < -0.3 is 0 Å². The van der Waals surface area contributed by atoms with Crippen LogP contribution in [0.5, 0.6) is 0 Å². The molecule has 1 rings (SSSR count). The van der Waals surface area contributed by atoms with E-state index in [0.717, 1.165) is 6.07 Å². The fourth-order valence-corrected chi connectivity index (χ4v) is 1.15. The van der Waals surface area contributed by atoms with E-state index in [1.807, 2.05) is 0 Å². The molecule has 0 N–H and O–H groups in total. The van der Waals surface area contributed by atoms with Crippen LogP contribution in [-0.2, 0) is 0 Å². The van der Waals surface area contributed by atoms with E-state index >= 15 is 0 Å². The molecular formula is C6H3BrN2O4Se. The molecule has 0 aromatic heterocycles. The molecule has 0 saturated carbocycles. The van der Waals surface area contributed by atoms with Crippen LogP contribution in [0.15, 0.2) is 22.7 Å². The van der Waals surface area contributed by atoms with Crippen molar-refractivity contribution in [3.05, 3.63) is 42.9 Å². The van der Waals surface area contributed by atoms with Crippen molar-refractivity contribution >= 4 is 44.4 Å². The van der Waals surface area contributed by atoms with Crippen molar-refractivity contribution in [3.63, 3.8) is 0 Å². The summed E-state index contributed by atoms with van der Waals surface area (Å²) in [6.07, 6.45) is 0. The minimum Gasteiger partial charge on any atom is -0.258 e. The monoisotopic (exact) mass is 326 g/mol. The third kappa shape index (κ3) is 2.76. The largest absolute Gasteiger partial charge is 0.290 e. The third-order valence-corrected chi connectivity index (χ3v) is 2.01. The Labute approximate surface area is 97.2 Å². The second-order valence-electron chi connectivity index (χ2n) is 2.15. The maximum absolute atomic E-state index is 10.3. The molecule has 0 aliphatic rings. The quantitative estimate of drug-likeness (QED) is 0.472. The van der Waals surface area contributed by atoms with Crippen LogP contribution in [-0.4, -0.2) is 26.9 Å². The van der Waals surface area contributed by atoms with Gasteiger partial charge in [-0.3, -0.25) is 20.2 Å². The zero-order valence-electron chi connectivity index (χ0n) is 6.55. The number of rotatable bonds is 2. The first kappa shape index (κ1) is 13.0. The van der Waals surface area contributed by atoms with Gasteiger partial charge in [0, 0.05) is 23.1 Å². The van der Waals surface area contributed by atoms with Crippen LogP contribution in [0, 0.1) is 20.2 Å². The summed E-state index contributed by atoms with van der Waals surface area (Å²) < 4.78 is 0.225. The summed E-state index contributed by atoms with van der Waals surface area (Å²) in [5, 5.41) is 20.6. The molecule has 0 aliphatic heterocycles. The second kappa shape index (κ2) is 5.04. The number of nitro groups is 2. The molecule has 0 heterocycles. The Morgan fingerprint density at radius 3 is 2.14 bits per heavy atom. The van der Waals surface area contributed by atoms with Crippen molar-refractivity contribution in [1.82, 2.24) is 0 Å². The van der Waals surface area contributed by atoms with Crippen LogP contribution in [0.4, 0.5) is 11.4 Å². The van der Waals surface area contributed by atoms with Gasteiger partial charge in [0.25, 0.3) is 11.4 Å². The van der Waals surface area contributed by atoms with Gasteiger partial charge in [-0.2, -0.15) is 0 Å². The van der Waals surface area contributed by atoms with Crippen LogP contribution >= 0.6 is 15.9 Å². The molecule has 2 radical (unpaired) electrons. The Morgan fingerprint density at radius 1 is 1.14 bits per heavy atom. The van der Waals surface area contributed by atoms with Crippen molar-refractivity contribution in [3.8, 4) is 0 Å². The van der Waals surface area contributed by atoms with E-state index in [1.54, 1.807) is 0 Å². The van der Waals surface area contributed by atoms with Gasteiger partial charge in [0.1, 0.15) is 0 Å². The average molecular weight is 326 g/mol. The fraction of sp³-hybridized carbons (Fsp3) is 0. The Kier molecular flexibility index (Phi) is 4.69. The second-order valence-corrected chi connectivity index (χ2v) is 3.00. The van der Waals surface area contributed by atoms with Crippen LogP contribution in [0.3, 0.4) is 0 Å². The number of halogens is 1. The number of hydrogen-bond acceptors (Lipinski definition) is 4. The molecule has 1 aromatic carbocycles. The van der Waals surface area contributed by atoms with Gasteiger partial charge in [-0.1, -0.05) is 0 Å². The fourth-order valence-electron chi connectivity index (χ4n) is 0.755. The summed E-state index contributed by atoms with van der Waals surface area (Å²) >= 11 is 2.92. The van der Waals surface area contributed by atoms with E-state index in [0.29, 0.717) is 0 Å². The first-order chi connectivity index (χ1) is 6.02. The van der Waals surface area contributed by atoms with Crippen molar-refractivity contribution in [2.24, 2.45) is 0 Å². The molecule has 0 amide bonds. The predicted octanol–water partition coefficient (Wildman–Crippen LogP) is 1.88. The van der Waals surface area contributed by atoms with E-state index in [4.69, 9.17) is 0 Å². The van der Waals surface area contributed by atoms with Crippen molar-refractivity contribution < 1.29 is 9.85 Å². The minimum atomic E-state index is -0.683. The smallest absolute Gasteiger partial charge is 0.258 e. The Bertz CT molecular complexity index is 384. The standard InChI is InChI=1S/C6H3BrN2O4.Se/c7-5-2-1-4(8(10)11)3-6(5)9(12)13;/h1-3H;. The van der Waals surface area contributed by atoms with Gasteiger partial charge in [0.15, 0.2) is 0 Å². The molecule has 1 aromatic rings. The molecule has 0 unspecified atom stereocenters. The van der Waals surface area contributed by atoms with Crippen molar-refractivity contribution in [2.45, 2.75) is 0 Å². The zero-order chi connectivity index (χ0) is 10.0. The summed E-state index contributed by atoms with van der Waals surface area (Å²) in [6, 6.07) is 3.37. The minimum absolute atomic E-state index is 0. The van der Waals surface area contributed by atoms with Gasteiger partial charge in [-0.25, -0.2) is 0 Å². The average Bonchev–Trinajstić information content (AvgIpc) is 2.04. The molecule has 0 fully saturated rings. The van der Waals surface area contributed by atoms with E-state index < -0.39 is 9.85 Å². The van der Waals surface area contributed by atoms with Crippen LogP contribution in [0.2, 0.25) is 0 Å². The van der Waals surface area contributed by atoms with Gasteiger partial charge in [0.2, 0.25) is 0 Å². The molecule has 74 valence electrons. The Balaban J connectivity index is 0.00000169. The van der Waals surface area contributed by atoms with E-state index in [-0.39, 0.29) is 32.9 Å². The first-order valence-electron chi connectivity index (χ1n) is 3.10. The summed E-state index contributed by atoms with van der Waals surface area (Å²) in [7, 11) is 0. The molecule has 0 aliphatic carbocycles. The zero-order valence-corrected chi connectivity index (χ0v) is 9.84. The molecule has 0 bridgehead atoms. The maximum atomic E-state index is 10.3. The Hall–Kier alpha value is -0.981. The molecule has 14 heavy (non-hydrogen) atoms. The Morgan fingerprint density at radius 2 is 1.71 bits per heavy atom. The van der Waals surface area contributed by atoms with Gasteiger partial charge in [0.05, 0.1) is 20.4 Å². The number of hydrogen-bond donors (Lipinski definition) is 0. The number of benzene rings is 1. The van der Waals surface area contributed by atoms with Crippen LogP contribution in [0.25, 0.3) is 0 Å². The maximum Gasteiger partial charge on any atom is 0.290 e. The van der Waals surface area contributed by atoms with Gasteiger partial charge in [-0.15, -0.1) is 0 Å². The molecule has 6 nitrogen and oxygen atoms in total. The normalized spacial score (nSPS) is 8.93. The molecule has 8 heteroatoms. The van der Waals surface area contributed by atoms with Crippen molar-refractivity contribution in [1.29, 1.82) is 0 Å². The van der Waals surface area contributed by atoms with E-state index in [1.165, 1.54) is 12.1 Å². The van der Waals surface area contributed by atoms with Crippen molar-refractivity contribution in [2.75, 3.05) is 0 Å². The topological polar surface area (TPSA) is 86.3 Å². The summed E-state index contributed by atoms with van der Waals surface area (Å²) in [5.41, 5.74) is -0.607. The number of nitro benzene ring substituents is 2. The molecule has 0 atom stereocenters. The molecule has 0 saturated heterocycles. The van der Waals surface area contributed by atoms with Gasteiger partial charge in [-0.05, 0) is 22.0 Å². The summed E-state index contributed by atoms with van der Waals surface area (Å²) in [5.74, 6) is 0. The summed E-state index contributed by atoms with van der Waals surface area (Å²) in [4.78, 5) is 19.2.